The largest absolute Gasteiger partial charge is 0.480 e. The molecule has 0 bridgehead atoms. The molecule has 366 valence electrons. The zero-order valence-corrected chi connectivity index (χ0v) is 39.1. The molecule has 7 amide bonds. The number of benzene rings is 1. The topological polar surface area (TPSA) is 289 Å². The molecule has 2 rings (SSSR count). The van der Waals surface area contributed by atoms with Crippen molar-refractivity contribution < 1.29 is 48.6 Å². The molecule has 0 heterocycles. The van der Waals surface area contributed by atoms with E-state index < -0.39 is 78.2 Å². The number of unbranched alkanes of at least 4 members (excludes halogenated alkanes) is 11. The van der Waals surface area contributed by atoms with Crippen LogP contribution in [0.25, 0.3) is 0 Å². The zero-order chi connectivity index (χ0) is 48.1. The Morgan fingerprint density at radius 2 is 1.11 bits per heavy atom. The smallest absolute Gasteiger partial charge is 0.326 e. The van der Waals surface area contributed by atoms with Crippen molar-refractivity contribution in [2.45, 2.75) is 205 Å². The number of aliphatic carboxylic acids is 1. The Hall–Kier alpha value is -5.06. The first kappa shape index (κ1) is 56.1. The SMILES string of the molecule is CC[C@H](C)[C@H](NC(=O)[C@@H](NC(=O)CCCCCCCCCCCCCCC(=O)N[C@@H](CC(N)=O)C(=O)N[C@@H](CC1CCCCC1)C(=O)O)C(C)O)C(=O)N[C@@H](Cc1ccccc1)C(N)=O. The van der Waals surface area contributed by atoms with Crippen LogP contribution < -0.4 is 38.1 Å². The minimum absolute atomic E-state index is 0.181. The number of carbonyl (C=O) groups excluding carboxylic acids is 7. The summed E-state index contributed by atoms with van der Waals surface area (Å²) in [7, 11) is 0. The van der Waals surface area contributed by atoms with E-state index in [2.05, 4.69) is 26.6 Å². The molecule has 0 spiro atoms. The van der Waals surface area contributed by atoms with Crippen LogP contribution in [-0.4, -0.2) is 93.8 Å². The summed E-state index contributed by atoms with van der Waals surface area (Å²) in [5.74, 6) is -5.51. The number of carboxylic acids is 1. The van der Waals surface area contributed by atoms with Crippen LogP contribution in [0.3, 0.4) is 0 Å². The average molecular weight is 914 g/mol. The molecule has 0 aliphatic heterocycles. The van der Waals surface area contributed by atoms with Crippen LogP contribution in [0.15, 0.2) is 30.3 Å². The molecule has 65 heavy (non-hydrogen) atoms. The van der Waals surface area contributed by atoms with Crippen molar-refractivity contribution in [2.24, 2.45) is 23.3 Å². The van der Waals surface area contributed by atoms with Gasteiger partial charge in [-0.15, -0.1) is 0 Å². The zero-order valence-electron chi connectivity index (χ0n) is 39.1. The van der Waals surface area contributed by atoms with Crippen LogP contribution in [0, 0.1) is 11.8 Å². The first-order chi connectivity index (χ1) is 31.0. The number of aliphatic hydroxyl groups is 1. The fourth-order valence-corrected chi connectivity index (χ4v) is 8.20. The van der Waals surface area contributed by atoms with Crippen LogP contribution >= 0.6 is 0 Å². The normalized spacial score (nSPS) is 16.1. The Kier molecular flexibility index (Phi) is 27.4. The van der Waals surface area contributed by atoms with Gasteiger partial charge in [0.2, 0.25) is 41.4 Å². The van der Waals surface area contributed by atoms with Crippen molar-refractivity contribution in [3.63, 3.8) is 0 Å². The van der Waals surface area contributed by atoms with E-state index in [1.165, 1.54) is 6.92 Å². The molecule has 0 saturated heterocycles. The summed E-state index contributed by atoms with van der Waals surface area (Å²) in [6.07, 6.45) is 16.0. The van der Waals surface area contributed by atoms with Crippen molar-refractivity contribution in [3.8, 4) is 0 Å². The van der Waals surface area contributed by atoms with E-state index in [0.717, 1.165) is 102 Å². The Labute approximate surface area is 385 Å². The maximum Gasteiger partial charge on any atom is 0.326 e. The highest BCUT2D eigenvalue weighted by atomic mass is 16.4. The van der Waals surface area contributed by atoms with Gasteiger partial charge in [0.15, 0.2) is 0 Å². The quantitative estimate of drug-likeness (QED) is 0.0449. The highest BCUT2D eigenvalue weighted by Gasteiger charge is 2.34. The van der Waals surface area contributed by atoms with Crippen LogP contribution in [0.2, 0.25) is 0 Å². The Morgan fingerprint density at radius 1 is 0.615 bits per heavy atom. The van der Waals surface area contributed by atoms with Gasteiger partial charge in [-0.2, -0.15) is 0 Å². The summed E-state index contributed by atoms with van der Waals surface area (Å²) in [6, 6.07) is 3.46. The lowest BCUT2D eigenvalue weighted by atomic mass is 9.85. The average Bonchev–Trinajstić information content (AvgIpc) is 3.26. The molecule has 1 aromatic rings. The molecule has 7 atom stereocenters. The van der Waals surface area contributed by atoms with Gasteiger partial charge in [0.1, 0.15) is 30.2 Å². The number of carboxylic acid groups (broad SMARTS) is 1. The third kappa shape index (κ3) is 23.6. The number of nitrogens with two attached hydrogens (primary N) is 2. The molecule has 1 aliphatic rings. The number of carbonyl (C=O) groups is 8. The highest BCUT2D eigenvalue weighted by Crippen LogP contribution is 2.27. The highest BCUT2D eigenvalue weighted by molar-refractivity contribution is 5.95. The van der Waals surface area contributed by atoms with Gasteiger partial charge in [-0.3, -0.25) is 33.6 Å². The third-order valence-corrected chi connectivity index (χ3v) is 12.3. The standard InChI is InChI=1S/C48H79N7O10/c1-4-32(2)42(46(62)52-36(44(50)60)29-34-23-17-15-18-24-34)55-47(63)43(33(3)56)54-41(59)28-22-14-12-10-8-6-5-7-9-11-13-21-27-40(58)51-37(31-39(49)57)45(61)53-38(48(64)65)30-35-25-19-16-20-26-35/h15,17-18,23-24,32-33,35-38,42-43,56H,4-14,16,19-22,25-31H2,1-3H3,(H2,49,57)(H2,50,60)(H,51,58)(H,52,62)(H,53,61)(H,54,59)(H,55,63)(H,64,65)/t32-,33?,36-,37-,38-,42-,43-/m0/s1. The summed E-state index contributed by atoms with van der Waals surface area (Å²) in [5, 5.41) is 33.2. The van der Waals surface area contributed by atoms with E-state index in [-0.39, 0.29) is 42.9 Å². The summed E-state index contributed by atoms with van der Waals surface area (Å²) in [5.41, 5.74) is 11.7. The van der Waals surface area contributed by atoms with E-state index >= 15 is 0 Å². The van der Waals surface area contributed by atoms with E-state index in [0.29, 0.717) is 25.7 Å². The number of amides is 7. The molecule has 1 unspecified atom stereocenters. The van der Waals surface area contributed by atoms with E-state index in [9.17, 15) is 48.6 Å². The number of hydrogen-bond acceptors (Lipinski definition) is 9. The molecule has 1 aliphatic carbocycles. The fraction of sp³-hybridized carbons (Fsp3) is 0.708. The summed E-state index contributed by atoms with van der Waals surface area (Å²) >= 11 is 0. The molecule has 0 aromatic heterocycles. The van der Waals surface area contributed by atoms with Crippen LogP contribution in [0.4, 0.5) is 0 Å². The first-order valence-corrected chi connectivity index (χ1v) is 24.0. The molecule has 11 N–H and O–H groups in total. The second kappa shape index (κ2) is 31.8. The Balaban J connectivity index is 1.61. The van der Waals surface area contributed by atoms with Gasteiger partial charge in [-0.1, -0.05) is 147 Å². The Bertz CT molecular complexity index is 1640. The number of nitrogens with one attached hydrogen (secondary N) is 5. The second-order valence-electron chi connectivity index (χ2n) is 18.0. The second-order valence-corrected chi connectivity index (χ2v) is 18.0. The van der Waals surface area contributed by atoms with Crippen molar-refractivity contribution in [1.29, 1.82) is 0 Å². The van der Waals surface area contributed by atoms with Crippen LogP contribution in [-0.2, 0) is 44.8 Å². The minimum Gasteiger partial charge on any atom is -0.480 e. The molecule has 1 saturated carbocycles. The van der Waals surface area contributed by atoms with Gasteiger partial charge >= 0.3 is 5.97 Å². The third-order valence-electron chi connectivity index (χ3n) is 12.3. The molecule has 1 aromatic carbocycles. The van der Waals surface area contributed by atoms with Crippen LogP contribution in [0.1, 0.15) is 168 Å². The minimum atomic E-state index is -1.28. The van der Waals surface area contributed by atoms with Crippen molar-refractivity contribution in [2.75, 3.05) is 0 Å². The van der Waals surface area contributed by atoms with Gasteiger partial charge < -0.3 is 48.3 Å². The number of primary amides is 2. The van der Waals surface area contributed by atoms with Crippen molar-refractivity contribution in [1.82, 2.24) is 26.6 Å². The van der Waals surface area contributed by atoms with Gasteiger partial charge in [0.25, 0.3) is 0 Å². The van der Waals surface area contributed by atoms with Gasteiger partial charge in [-0.25, -0.2) is 4.79 Å². The maximum atomic E-state index is 13.4. The molecule has 17 nitrogen and oxygen atoms in total. The molecule has 1 fully saturated rings. The fourth-order valence-electron chi connectivity index (χ4n) is 8.20. The predicted molar refractivity (Wildman–Crippen MR) is 247 cm³/mol. The van der Waals surface area contributed by atoms with E-state index in [4.69, 9.17) is 11.5 Å². The number of rotatable bonds is 34. The van der Waals surface area contributed by atoms with Crippen molar-refractivity contribution >= 4 is 47.3 Å². The number of hydrogen-bond donors (Lipinski definition) is 9. The molecule has 0 radical (unpaired) electrons. The lowest BCUT2D eigenvalue weighted by Gasteiger charge is -2.28. The van der Waals surface area contributed by atoms with Gasteiger partial charge in [0.05, 0.1) is 12.5 Å². The van der Waals surface area contributed by atoms with Crippen molar-refractivity contribution in [3.05, 3.63) is 35.9 Å². The monoisotopic (exact) mass is 914 g/mol. The molecular weight excluding hydrogens is 835 g/mol. The van der Waals surface area contributed by atoms with E-state index in [1.54, 1.807) is 6.92 Å². The van der Waals surface area contributed by atoms with Crippen LogP contribution in [0.5, 0.6) is 0 Å². The predicted octanol–water partition coefficient (Wildman–Crippen LogP) is 3.96. The number of aliphatic hydroxyl groups excluding tert-OH is 1. The summed E-state index contributed by atoms with van der Waals surface area (Å²) in [4.78, 5) is 101. The van der Waals surface area contributed by atoms with Gasteiger partial charge in [-0.05, 0) is 43.6 Å². The molecule has 17 heteroatoms. The Morgan fingerprint density at radius 3 is 1.58 bits per heavy atom. The first-order valence-electron chi connectivity index (χ1n) is 24.0. The van der Waals surface area contributed by atoms with E-state index in [1.807, 2.05) is 37.3 Å². The lowest BCUT2D eigenvalue weighted by Crippen LogP contribution is -2.60. The summed E-state index contributed by atoms with van der Waals surface area (Å²) in [6.45, 7) is 5.04. The maximum absolute atomic E-state index is 13.4. The summed E-state index contributed by atoms with van der Waals surface area (Å²) < 4.78 is 0. The lowest BCUT2D eigenvalue weighted by molar-refractivity contribution is -0.143. The van der Waals surface area contributed by atoms with Gasteiger partial charge in [0, 0.05) is 19.3 Å². The molecular formula is C48H79N7O10.